The number of aliphatic imine (C=N–C) groups is 1. The number of benzene rings is 1. The van der Waals surface area contributed by atoms with Gasteiger partial charge in [0.25, 0.3) is 0 Å². The smallest absolute Gasteiger partial charge is 0.221 e. The van der Waals surface area contributed by atoms with Crippen LogP contribution in [0.1, 0.15) is 38.3 Å². The van der Waals surface area contributed by atoms with E-state index in [2.05, 4.69) is 40.0 Å². The third-order valence-electron chi connectivity index (χ3n) is 3.09. The summed E-state index contributed by atoms with van der Waals surface area (Å²) in [7, 11) is 1.73. The normalized spacial score (nSPS) is 12.0. The van der Waals surface area contributed by atoms with Gasteiger partial charge in [0, 0.05) is 26.6 Å². The van der Waals surface area contributed by atoms with Crippen molar-refractivity contribution >= 4 is 35.8 Å². The standard InChI is InChI=1S/C16H26N4O.HI/c1-4-11-18-15(21)10-12-19-16(17-3)20-13(2)14-8-6-5-7-9-14;/h5-9,13H,4,10-12H2,1-3H3,(H,18,21)(H2,17,19,20);1H. The molecule has 1 amide bonds. The zero-order valence-electron chi connectivity index (χ0n) is 13.6. The Bertz CT molecular complexity index is 451. The lowest BCUT2D eigenvalue weighted by molar-refractivity contribution is -0.120. The first-order chi connectivity index (χ1) is 10.2. The fourth-order valence-electron chi connectivity index (χ4n) is 1.87. The van der Waals surface area contributed by atoms with Crippen molar-refractivity contribution in [3.63, 3.8) is 0 Å². The summed E-state index contributed by atoms with van der Waals surface area (Å²) in [5.41, 5.74) is 1.20. The van der Waals surface area contributed by atoms with E-state index >= 15 is 0 Å². The summed E-state index contributed by atoms with van der Waals surface area (Å²) >= 11 is 0. The van der Waals surface area contributed by atoms with E-state index in [0.717, 1.165) is 13.0 Å². The molecule has 0 aliphatic carbocycles. The van der Waals surface area contributed by atoms with Crippen LogP contribution in [0, 0.1) is 0 Å². The minimum absolute atomic E-state index is 0. The Balaban J connectivity index is 0.00000441. The average Bonchev–Trinajstić information content (AvgIpc) is 2.52. The first-order valence-corrected chi connectivity index (χ1v) is 7.46. The highest BCUT2D eigenvalue weighted by Gasteiger charge is 2.07. The van der Waals surface area contributed by atoms with Gasteiger partial charge in [-0.15, -0.1) is 24.0 Å². The molecule has 0 heterocycles. The summed E-state index contributed by atoms with van der Waals surface area (Å²) in [5, 5.41) is 9.31. The van der Waals surface area contributed by atoms with Crippen molar-refractivity contribution in [1.29, 1.82) is 0 Å². The zero-order chi connectivity index (χ0) is 15.5. The van der Waals surface area contributed by atoms with E-state index in [9.17, 15) is 4.79 Å². The molecular weight excluding hydrogens is 391 g/mol. The highest BCUT2D eigenvalue weighted by Crippen LogP contribution is 2.10. The molecule has 0 aliphatic heterocycles. The van der Waals surface area contributed by atoms with Crippen LogP contribution >= 0.6 is 24.0 Å². The summed E-state index contributed by atoms with van der Waals surface area (Å²) in [5.74, 6) is 0.769. The number of hydrogen-bond acceptors (Lipinski definition) is 2. The van der Waals surface area contributed by atoms with Gasteiger partial charge in [-0.2, -0.15) is 0 Å². The molecule has 1 rings (SSSR count). The Morgan fingerprint density at radius 1 is 1.18 bits per heavy atom. The number of rotatable bonds is 7. The first-order valence-electron chi connectivity index (χ1n) is 7.46. The van der Waals surface area contributed by atoms with Crippen molar-refractivity contribution in [1.82, 2.24) is 16.0 Å². The average molecular weight is 418 g/mol. The van der Waals surface area contributed by atoms with Crippen molar-refractivity contribution < 1.29 is 4.79 Å². The van der Waals surface area contributed by atoms with Crippen LogP contribution in [0.3, 0.4) is 0 Å². The molecule has 3 N–H and O–H groups in total. The third-order valence-corrected chi connectivity index (χ3v) is 3.09. The van der Waals surface area contributed by atoms with Crippen molar-refractivity contribution in [2.75, 3.05) is 20.1 Å². The predicted molar refractivity (Wildman–Crippen MR) is 103 cm³/mol. The number of halogens is 1. The quantitative estimate of drug-likeness (QED) is 0.362. The monoisotopic (exact) mass is 418 g/mol. The number of carbonyl (C=O) groups excluding carboxylic acids is 1. The molecule has 1 aromatic carbocycles. The van der Waals surface area contributed by atoms with Crippen molar-refractivity contribution in [3.05, 3.63) is 35.9 Å². The van der Waals surface area contributed by atoms with Gasteiger partial charge in [0.05, 0.1) is 6.04 Å². The van der Waals surface area contributed by atoms with Crippen LogP contribution in [0.2, 0.25) is 0 Å². The summed E-state index contributed by atoms with van der Waals surface area (Å²) in [6.07, 6.45) is 1.40. The number of nitrogens with zero attached hydrogens (tertiary/aromatic N) is 1. The molecule has 0 radical (unpaired) electrons. The molecule has 6 heteroatoms. The van der Waals surface area contributed by atoms with Gasteiger partial charge >= 0.3 is 0 Å². The van der Waals surface area contributed by atoms with E-state index in [4.69, 9.17) is 0 Å². The van der Waals surface area contributed by atoms with Gasteiger partial charge < -0.3 is 16.0 Å². The zero-order valence-corrected chi connectivity index (χ0v) is 15.9. The Kier molecular flexibility index (Phi) is 11.5. The maximum Gasteiger partial charge on any atom is 0.221 e. The van der Waals surface area contributed by atoms with Crippen LogP contribution in [0.4, 0.5) is 0 Å². The van der Waals surface area contributed by atoms with E-state index in [-0.39, 0.29) is 35.9 Å². The van der Waals surface area contributed by atoms with Gasteiger partial charge in [0.15, 0.2) is 5.96 Å². The Morgan fingerprint density at radius 3 is 2.45 bits per heavy atom. The van der Waals surface area contributed by atoms with E-state index in [1.165, 1.54) is 5.56 Å². The molecule has 0 saturated carbocycles. The molecule has 124 valence electrons. The second-order valence-electron chi connectivity index (χ2n) is 4.88. The van der Waals surface area contributed by atoms with E-state index in [1.54, 1.807) is 7.05 Å². The fourth-order valence-corrected chi connectivity index (χ4v) is 1.87. The lowest BCUT2D eigenvalue weighted by Crippen LogP contribution is -2.40. The molecule has 22 heavy (non-hydrogen) atoms. The fraction of sp³-hybridized carbons (Fsp3) is 0.500. The van der Waals surface area contributed by atoms with Crippen LogP contribution in [0.5, 0.6) is 0 Å². The van der Waals surface area contributed by atoms with Gasteiger partial charge in [0.2, 0.25) is 5.91 Å². The molecule has 0 saturated heterocycles. The number of guanidine groups is 1. The van der Waals surface area contributed by atoms with Gasteiger partial charge in [-0.05, 0) is 18.9 Å². The van der Waals surface area contributed by atoms with Crippen LogP contribution in [-0.4, -0.2) is 32.0 Å². The van der Waals surface area contributed by atoms with E-state index < -0.39 is 0 Å². The second kappa shape index (κ2) is 12.3. The lowest BCUT2D eigenvalue weighted by atomic mass is 10.1. The molecular formula is C16H27IN4O. The Hall–Kier alpha value is -1.31. The highest BCUT2D eigenvalue weighted by atomic mass is 127. The number of nitrogens with one attached hydrogen (secondary N) is 3. The molecule has 0 bridgehead atoms. The van der Waals surface area contributed by atoms with Crippen molar-refractivity contribution in [2.24, 2.45) is 4.99 Å². The molecule has 0 aromatic heterocycles. The largest absolute Gasteiger partial charge is 0.356 e. The van der Waals surface area contributed by atoms with Crippen LogP contribution in [-0.2, 0) is 4.79 Å². The van der Waals surface area contributed by atoms with Gasteiger partial charge in [0.1, 0.15) is 0 Å². The molecule has 1 atom stereocenters. The van der Waals surface area contributed by atoms with E-state index in [0.29, 0.717) is 18.9 Å². The molecule has 1 unspecified atom stereocenters. The molecule has 5 nitrogen and oxygen atoms in total. The number of amides is 1. The van der Waals surface area contributed by atoms with Gasteiger partial charge in [-0.25, -0.2) is 0 Å². The van der Waals surface area contributed by atoms with Gasteiger partial charge in [-0.3, -0.25) is 9.79 Å². The minimum atomic E-state index is 0. The molecule has 0 spiro atoms. The Morgan fingerprint density at radius 2 is 1.86 bits per heavy atom. The third kappa shape index (κ3) is 8.21. The highest BCUT2D eigenvalue weighted by molar-refractivity contribution is 14.0. The van der Waals surface area contributed by atoms with E-state index in [1.807, 2.05) is 25.1 Å². The maximum absolute atomic E-state index is 11.5. The lowest BCUT2D eigenvalue weighted by Gasteiger charge is -2.18. The number of hydrogen-bond donors (Lipinski definition) is 3. The minimum Gasteiger partial charge on any atom is -0.356 e. The Labute approximate surface area is 150 Å². The summed E-state index contributed by atoms with van der Waals surface area (Å²) in [4.78, 5) is 15.7. The molecule has 1 aromatic rings. The van der Waals surface area contributed by atoms with Crippen LogP contribution < -0.4 is 16.0 Å². The van der Waals surface area contributed by atoms with Gasteiger partial charge in [-0.1, -0.05) is 37.3 Å². The van der Waals surface area contributed by atoms with Crippen LogP contribution in [0.25, 0.3) is 0 Å². The SMILES string of the molecule is CCCNC(=O)CCNC(=NC)NC(C)c1ccccc1.I. The molecule has 0 fully saturated rings. The first kappa shape index (κ1) is 20.7. The number of carbonyl (C=O) groups is 1. The van der Waals surface area contributed by atoms with Crippen molar-refractivity contribution in [2.45, 2.75) is 32.7 Å². The van der Waals surface area contributed by atoms with Crippen LogP contribution in [0.15, 0.2) is 35.3 Å². The summed E-state index contributed by atoms with van der Waals surface area (Å²) in [6, 6.07) is 10.3. The summed E-state index contributed by atoms with van der Waals surface area (Å²) in [6.45, 7) is 5.42. The van der Waals surface area contributed by atoms with Crippen molar-refractivity contribution in [3.8, 4) is 0 Å². The topological polar surface area (TPSA) is 65.5 Å². The second-order valence-corrected chi connectivity index (χ2v) is 4.88. The molecule has 0 aliphatic rings. The summed E-state index contributed by atoms with van der Waals surface area (Å²) < 4.78 is 0. The maximum atomic E-state index is 11.5. The predicted octanol–water partition coefficient (Wildman–Crippen LogP) is 2.45.